The van der Waals surface area contributed by atoms with E-state index in [-0.39, 0.29) is 18.1 Å². The number of hydrogen-bond acceptors (Lipinski definition) is 6. The molecule has 0 saturated carbocycles. The maximum atomic E-state index is 13.2. The first-order valence-corrected chi connectivity index (χ1v) is 9.51. The summed E-state index contributed by atoms with van der Waals surface area (Å²) in [5, 5.41) is 0.596. The van der Waals surface area contributed by atoms with Crippen molar-refractivity contribution in [2.45, 2.75) is 6.61 Å². The van der Waals surface area contributed by atoms with E-state index >= 15 is 0 Å². The summed E-state index contributed by atoms with van der Waals surface area (Å²) in [6, 6.07) is 11.9. The summed E-state index contributed by atoms with van der Waals surface area (Å²) in [4.78, 5) is 25.5. The molecule has 0 aliphatic carbocycles. The summed E-state index contributed by atoms with van der Waals surface area (Å²) in [6.07, 6.45) is 2.94. The number of benzene rings is 2. The predicted molar refractivity (Wildman–Crippen MR) is 104 cm³/mol. The molecule has 8 heteroatoms. The third-order valence-electron chi connectivity index (χ3n) is 3.76. The second-order valence-electron chi connectivity index (χ2n) is 5.55. The van der Waals surface area contributed by atoms with Gasteiger partial charge in [0.1, 0.15) is 23.1 Å². The second-order valence-corrected chi connectivity index (χ2v) is 7.44. The lowest BCUT2D eigenvalue weighted by Crippen LogP contribution is -2.10. The van der Waals surface area contributed by atoms with Gasteiger partial charge in [-0.05, 0) is 24.3 Å². The van der Waals surface area contributed by atoms with Crippen LogP contribution in [0.2, 0.25) is 0 Å². The molecule has 0 amide bonds. The molecule has 0 N–H and O–H groups in total. The Morgan fingerprint density at radius 1 is 1.15 bits per heavy atom. The summed E-state index contributed by atoms with van der Waals surface area (Å²) >= 11 is 4.69. The van der Waals surface area contributed by atoms with Gasteiger partial charge in [0, 0.05) is 22.4 Å². The van der Waals surface area contributed by atoms with E-state index in [2.05, 4.69) is 30.9 Å². The highest BCUT2D eigenvalue weighted by molar-refractivity contribution is 9.10. The van der Waals surface area contributed by atoms with Gasteiger partial charge in [-0.3, -0.25) is 0 Å². The number of ether oxygens (including phenoxy) is 1. The van der Waals surface area contributed by atoms with Crippen molar-refractivity contribution in [3.05, 3.63) is 76.4 Å². The van der Waals surface area contributed by atoms with Crippen LogP contribution >= 0.6 is 27.3 Å². The predicted octanol–water partition coefficient (Wildman–Crippen LogP) is 5.01. The van der Waals surface area contributed by atoms with E-state index in [9.17, 15) is 9.18 Å². The Kier molecular flexibility index (Phi) is 4.91. The zero-order valence-electron chi connectivity index (χ0n) is 13.7. The first-order chi connectivity index (χ1) is 13.1. The van der Waals surface area contributed by atoms with E-state index in [1.165, 1.54) is 35.9 Å². The zero-order valence-corrected chi connectivity index (χ0v) is 16.1. The molecule has 4 aromatic rings. The molecule has 0 bridgehead atoms. The van der Waals surface area contributed by atoms with Crippen LogP contribution in [0.3, 0.4) is 0 Å². The van der Waals surface area contributed by atoms with Gasteiger partial charge >= 0.3 is 5.97 Å². The Morgan fingerprint density at radius 3 is 2.78 bits per heavy atom. The molecule has 0 atom stereocenters. The quantitative estimate of drug-likeness (QED) is 0.414. The summed E-state index contributed by atoms with van der Waals surface area (Å²) < 4.78 is 20.1. The number of fused-ring (bicyclic) bond motifs is 1. The van der Waals surface area contributed by atoms with Crippen molar-refractivity contribution in [1.29, 1.82) is 0 Å². The number of esters is 1. The molecule has 0 saturated heterocycles. The maximum absolute atomic E-state index is 13.2. The highest BCUT2D eigenvalue weighted by atomic mass is 79.9. The van der Waals surface area contributed by atoms with Gasteiger partial charge in [-0.2, -0.15) is 0 Å². The molecular weight excluding hydrogens is 433 g/mol. The smallest absolute Gasteiger partial charge is 0.359 e. The van der Waals surface area contributed by atoms with E-state index in [0.29, 0.717) is 20.7 Å². The first-order valence-electron chi connectivity index (χ1n) is 7.90. The third kappa shape index (κ3) is 3.72. The molecule has 2 heterocycles. The number of halogens is 2. The minimum absolute atomic E-state index is 0.0183. The van der Waals surface area contributed by atoms with Gasteiger partial charge in [0.15, 0.2) is 5.69 Å². The number of rotatable bonds is 4. The molecule has 0 aliphatic heterocycles. The lowest BCUT2D eigenvalue weighted by Gasteiger charge is -2.08. The van der Waals surface area contributed by atoms with Gasteiger partial charge in [-0.1, -0.05) is 34.1 Å². The molecule has 5 nitrogen and oxygen atoms in total. The van der Waals surface area contributed by atoms with E-state index in [4.69, 9.17) is 4.74 Å². The van der Waals surface area contributed by atoms with Crippen LogP contribution in [-0.2, 0) is 11.3 Å². The van der Waals surface area contributed by atoms with Crippen LogP contribution in [0.15, 0.2) is 59.3 Å². The average Bonchev–Trinajstić information content (AvgIpc) is 3.11. The highest BCUT2D eigenvalue weighted by Crippen LogP contribution is 2.30. The Labute approximate surface area is 166 Å². The molecule has 0 unspecified atom stereocenters. The van der Waals surface area contributed by atoms with Crippen LogP contribution in [0.25, 0.3) is 20.9 Å². The minimum Gasteiger partial charge on any atom is -0.456 e. The summed E-state index contributed by atoms with van der Waals surface area (Å²) in [7, 11) is 0. The molecule has 0 aliphatic rings. The Morgan fingerprint density at radius 2 is 1.96 bits per heavy atom. The fourth-order valence-electron chi connectivity index (χ4n) is 2.47. The number of carbonyl (C=O) groups excluding carboxylic acids is 1. The summed E-state index contributed by atoms with van der Waals surface area (Å²) in [5.41, 5.74) is 1.95. The first kappa shape index (κ1) is 17.7. The minimum atomic E-state index is -0.617. The SMILES string of the molecule is O=C(OCc1ccc(F)cc1Br)c1nccnc1-c1nc2ccccc2s1. The van der Waals surface area contributed by atoms with Gasteiger partial charge in [0.25, 0.3) is 0 Å². The van der Waals surface area contributed by atoms with Crippen LogP contribution in [0.1, 0.15) is 16.1 Å². The molecule has 134 valence electrons. The topological polar surface area (TPSA) is 65.0 Å². The van der Waals surface area contributed by atoms with E-state index in [0.717, 1.165) is 10.2 Å². The van der Waals surface area contributed by atoms with E-state index < -0.39 is 5.97 Å². The summed E-state index contributed by atoms with van der Waals surface area (Å²) in [6.45, 7) is -0.0183. The summed E-state index contributed by atoms with van der Waals surface area (Å²) in [5.74, 6) is -0.988. The number of hydrogen-bond donors (Lipinski definition) is 0. The fraction of sp³-hybridized carbons (Fsp3) is 0.0526. The van der Waals surface area contributed by atoms with Crippen molar-refractivity contribution in [2.75, 3.05) is 0 Å². The van der Waals surface area contributed by atoms with Crippen molar-refractivity contribution in [3.63, 3.8) is 0 Å². The molecule has 0 radical (unpaired) electrons. The molecule has 4 rings (SSSR count). The van der Waals surface area contributed by atoms with Gasteiger partial charge < -0.3 is 4.74 Å². The molecule has 2 aromatic heterocycles. The van der Waals surface area contributed by atoms with Gasteiger partial charge in [-0.25, -0.2) is 24.1 Å². The maximum Gasteiger partial charge on any atom is 0.359 e. The van der Waals surface area contributed by atoms with Crippen LogP contribution in [-0.4, -0.2) is 20.9 Å². The molecule has 27 heavy (non-hydrogen) atoms. The van der Waals surface area contributed by atoms with E-state index in [1.807, 2.05) is 24.3 Å². The standard InChI is InChI=1S/C19H11BrFN3O2S/c20-13-9-12(21)6-5-11(13)10-26-19(25)17-16(22-7-8-23-17)18-24-14-3-1-2-4-15(14)27-18/h1-9H,10H2. The van der Waals surface area contributed by atoms with Gasteiger partial charge in [0.2, 0.25) is 0 Å². The van der Waals surface area contributed by atoms with Crippen molar-refractivity contribution >= 4 is 43.5 Å². The monoisotopic (exact) mass is 443 g/mol. The van der Waals surface area contributed by atoms with Crippen molar-refractivity contribution < 1.29 is 13.9 Å². The van der Waals surface area contributed by atoms with Crippen molar-refractivity contribution in [2.24, 2.45) is 0 Å². The largest absolute Gasteiger partial charge is 0.456 e. The molecule has 0 fully saturated rings. The molecule has 2 aromatic carbocycles. The fourth-order valence-corrected chi connectivity index (χ4v) is 3.90. The van der Waals surface area contributed by atoms with Crippen LogP contribution in [0.4, 0.5) is 4.39 Å². The third-order valence-corrected chi connectivity index (χ3v) is 5.54. The van der Waals surface area contributed by atoms with Crippen molar-refractivity contribution in [1.82, 2.24) is 15.0 Å². The zero-order chi connectivity index (χ0) is 18.8. The van der Waals surface area contributed by atoms with Crippen LogP contribution in [0.5, 0.6) is 0 Å². The molecular formula is C19H11BrFN3O2S. The Hall–Kier alpha value is -2.71. The van der Waals surface area contributed by atoms with Gasteiger partial charge in [0.05, 0.1) is 10.2 Å². The lowest BCUT2D eigenvalue weighted by atomic mass is 10.2. The average molecular weight is 444 g/mol. The normalized spacial score (nSPS) is 10.9. The lowest BCUT2D eigenvalue weighted by molar-refractivity contribution is 0.0465. The second kappa shape index (κ2) is 7.50. The number of nitrogens with zero attached hydrogens (tertiary/aromatic N) is 3. The van der Waals surface area contributed by atoms with Crippen molar-refractivity contribution in [3.8, 4) is 10.7 Å². The highest BCUT2D eigenvalue weighted by Gasteiger charge is 2.20. The number of thiazole rings is 1. The van der Waals surface area contributed by atoms with E-state index in [1.54, 1.807) is 6.07 Å². The Balaban J connectivity index is 1.61. The van der Waals surface area contributed by atoms with Gasteiger partial charge in [-0.15, -0.1) is 11.3 Å². The van der Waals surface area contributed by atoms with Crippen LogP contribution < -0.4 is 0 Å². The molecule has 0 spiro atoms. The number of aromatic nitrogens is 3. The Bertz CT molecular complexity index is 1120. The van der Waals surface area contributed by atoms with Crippen LogP contribution in [0, 0.1) is 5.82 Å². The number of carbonyl (C=O) groups is 1. The number of para-hydroxylation sites is 1.